The lowest BCUT2D eigenvalue weighted by molar-refractivity contribution is -0.122. The van der Waals surface area contributed by atoms with E-state index in [0.29, 0.717) is 6.42 Å². The van der Waals surface area contributed by atoms with E-state index in [2.05, 4.69) is 5.32 Å². The Hall–Kier alpha value is -1.10. The molecule has 5 heteroatoms. The van der Waals surface area contributed by atoms with Gasteiger partial charge in [0.05, 0.1) is 0 Å². The van der Waals surface area contributed by atoms with Crippen LogP contribution in [0.5, 0.6) is 0 Å². The second-order valence-electron chi connectivity index (χ2n) is 2.33. The molecule has 1 aliphatic heterocycles. The number of urea groups is 1. The molecule has 62 valence electrons. The summed E-state index contributed by atoms with van der Waals surface area (Å²) < 4.78 is 0. The Labute approximate surface area is 64.0 Å². The molecule has 1 fully saturated rings. The fraction of sp³-hybridized carbons (Fsp3) is 0.667. The maximum Gasteiger partial charge on any atom is 0.326 e. The number of imide groups is 1. The zero-order valence-corrected chi connectivity index (χ0v) is 6.20. The Morgan fingerprint density at radius 1 is 1.64 bits per heavy atom. The van der Waals surface area contributed by atoms with Gasteiger partial charge in [-0.1, -0.05) is 6.92 Å². The van der Waals surface area contributed by atoms with Crippen molar-refractivity contribution in [1.29, 1.82) is 0 Å². The molecular formula is C6H10N2O3. The first kappa shape index (κ1) is 8.00. The molecule has 1 atom stereocenters. The summed E-state index contributed by atoms with van der Waals surface area (Å²) in [6, 6.07) is -1.00. The number of aliphatic hydroxyl groups excluding tert-OH is 1. The number of hydrogen-bond acceptors (Lipinski definition) is 3. The second-order valence-corrected chi connectivity index (χ2v) is 2.33. The molecular weight excluding hydrogens is 148 g/mol. The maximum atomic E-state index is 10.9. The summed E-state index contributed by atoms with van der Waals surface area (Å²) in [5.74, 6) is -0.327. The molecule has 1 rings (SSSR count). The molecule has 1 heterocycles. The van der Waals surface area contributed by atoms with Crippen LogP contribution in [0.15, 0.2) is 0 Å². The number of carbonyl (C=O) groups excluding carboxylic acids is 2. The van der Waals surface area contributed by atoms with Gasteiger partial charge in [0, 0.05) is 0 Å². The van der Waals surface area contributed by atoms with Crippen molar-refractivity contribution in [3.8, 4) is 0 Å². The van der Waals surface area contributed by atoms with Gasteiger partial charge in [-0.2, -0.15) is 0 Å². The number of nitrogens with one attached hydrogen (secondary N) is 1. The number of hydrogen-bond donors (Lipinski definition) is 2. The van der Waals surface area contributed by atoms with Crippen LogP contribution in [0.25, 0.3) is 0 Å². The van der Waals surface area contributed by atoms with Crippen molar-refractivity contribution in [3.05, 3.63) is 0 Å². The molecule has 0 aromatic rings. The van der Waals surface area contributed by atoms with E-state index in [1.165, 1.54) is 0 Å². The average molecular weight is 158 g/mol. The highest BCUT2D eigenvalue weighted by Crippen LogP contribution is 2.09. The smallest absolute Gasteiger partial charge is 0.326 e. The summed E-state index contributed by atoms with van der Waals surface area (Å²) in [6.45, 7) is 1.38. The zero-order valence-electron chi connectivity index (χ0n) is 6.20. The van der Waals surface area contributed by atoms with E-state index in [1.54, 1.807) is 6.92 Å². The lowest BCUT2D eigenvalue weighted by atomic mass is 10.2. The Morgan fingerprint density at radius 2 is 2.27 bits per heavy atom. The molecule has 0 aromatic heterocycles. The largest absolute Gasteiger partial charge is 0.376 e. The van der Waals surface area contributed by atoms with Crippen LogP contribution in [0, 0.1) is 0 Å². The highest BCUT2D eigenvalue weighted by molar-refractivity contribution is 6.03. The topological polar surface area (TPSA) is 69.6 Å². The standard InChI is InChI=1S/C6H10N2O3/c1-2-4-5(10)7-6(11)8(4)3-9/h4,9H,2-3H2,1H3,(H,7,10,11). The summed E-state index contributed by atoms with van der Waals surface area (Å²) in [5.41, 5.74) is 0. The molecule has 11 heavy (non-hydrogen) atoms. The van der Waals surface area contributed by atoms with Crippen LogP contribution in [0.2, 0.25) is 0 Å². The molecule has 2 N–H and O–H groups in total. The highest BCUT2D eigenvalue weighted by Gasteiger charge is 2.36. The van der Waals surface area contributed by atoms with E-state index in [1.807, 2.05) is 0 Å². The van der Waals surface area contributed by atoms with Gasteiger partial charge in [-0.05, 0) is 6.42 Å². The molecule has 0 aliphatic carbocycles. The van der Waals surface area contributed by atoms with Crippen molar-refractivity contribution in [2.24, 2.45) is 0 Å². The predicted molar refractivity (Wildman–Crippen MR) is 36.5 cm³/mol. The maximum absolute atomic E-state index is 10.9. The van der Waals surface area contributed by atoms with E-state index >= 15 is 0 Å². The molecule has 1 unspecified atom stereocenters. The van der Waals surface area contributed by atoms with Gasteiger partial charge < -0.3 is 5.11 Å². The Morgan fingerprint density at radius 3 is 2.64 bits per heavy atom. The molecule has 0 radical (unpaired) electrons. The molecule has 5 nitrogen and oxygen atoms in total. The highest BCUT2D eigenvalue weighted by atomic mass is 16.3. The fourth-order valence-electron chi connectivity index (χ4n) is 1.11. The third-order valence-electron chi connectivity index (χ3n) is 1.71. The fourth-order valence-corrected chi connectivity index (χ4v) is 1.11. The molecule has 0 spiro atoms. The van der Waals surface area contributed by atoms with Crippen molar-refractivity contribution < 1.29 is 14.7 Å². The van der Waals surface area contributed by atoms with E-state index < -0.39 is 18.8 Å². The third-order valence-corrected chi connectivity index (χ3v) is 1.71. The molecule has 1 saturated heterocycles. The van der Waals surface area contributed by atoms with Gasteiger partial charge in [-0.3, -0.25) is 15.0 Å². The minimum atomic E-state index is -0.510. The summed E-state index contributed by atoms with van der Waals surface area (Å²) in [7, 11) is 0. The van der Waals surface area contributed by atoms with Gasteiger partial charge in [0.25, 0.3) is 5.91 Å². The Bertz CT molecular complexity index is 172. The Balaban J connectivity index is 2.74. The van der Waals surface area contributed by atoms with Crippen molar-refractivity contribution >= 4 is 11.9 Å². The summed E-state index contributed by atoms with van der Waals surface area (Å²) >= 11 is 0. The minimum absolute atomic E-state index is 0.327. The lowest BCUT2D eigenvalue weighted by Crippen LogP contribution is -2.35. The van der Waals surface area contributed by atoms with E-state index in [-0.39, 0.29) is 5.91 Å². The van der Waals surface area contributed by atoms with Gasteiger partial charge in [-0.15, -0.1) is 0 Å². The van der Waals surface area contributed by atoms with Crippen LogP contribution in [0.3, 0.4) is 0 Å². The molecule has 0 bridgehead atoms. The first-order valence-electron chi connectivity index (χ1n) is 3.43. The number of aliphatic hydroxyl groups is 1. The van der Waals surface area contributed by atoms with Crippen molar-refractivity contribution in [2.75, 3.05) is 6.73 Å². The molecule has 0 aromatic carbocycles. The summed E-state index contributed by atoms with van der Waals surface area (Å²) in [5, 5.41) is 10.8. The number of carbonyl (C=O) groups is 2. The summed E-state index contributed by atoms with van der Waals surface area (Å²) in [6.07, 6.45) is 0.526. The van der Waals surface area contributed by atoms with E-state index in [0.717, 1.165) is 4.90 Å². The monoisotopic (exact) mass is 158 g/mol. The zero-order chi connectivity index (χ0) is 8.43. The lowest BCUT2D eigenvalue weighted by Gasteiger charge is -2.16. The van der Waals surface area contributed by atoms with Crippen LogP contribution in [0.4, 0.5) is 4.79 Å². The van der Waals surface area contributed by atoms with Crippen molar-refractivity contribution in [2.45, 2.75) is 19.4 Å². The van der Waals surface area contributed by atoms with Gasteiger partial charge in [0.2, 0.25) is 0 Å². The molecule has 3 amide bonds. The van der Waals surface area contributed by atoms with Crippen molar-refractivity contribution in [3.63, 3.8) is 0 Å². The van der Waals surface area contributed by atoms with Gasteiger partial charge in [0.15, 0.2) is 0 Å². The van der Waals surface area contributed by atoms with E-state index in [9.17, 15) is 9.59 Å². The predicted octanol–water partition coefficient (Wildman–Crippen LogP) is -0.733. The average Bonchev–Trinajstić information content (AvgIpc) is 2.24. The summed E-state index contributed by atoms with van der Waals surface area (Å²) in [4.78, 5) is 22.8. The van der Waals surface area contributed by atoms with E-state index in [4.69, 9.17) is 5.11 Å². The van der Waals surface area contributed by atoms with Crippen LogP contribution < -0.4 is 5.32 Å². The first-order valence-corrected chi connectivity index (χ1v) is 3.43. The number of nitrogens with zero attached hydrogens (tertiary/aromatic N) is 1. The molecule has 1 aliphatic rings. The SMILES string of the molecule is CCC1C(=O)NC(=O)N1CO. The number of rotatable bonds is 2. The van der Waals surface area contributed by atoms with Crippen LogP contribution in [-0.4, -0.2) is 34.7 Å². The van der Waals surface area contributed by atoms with Crippen molar-refractivity contribution in [1.82, 2.24) is 10.2 Å². The minimum Gasteiger partial charge on any atom is -0.376 e. The first-order chi connectivity index (χ1) is 5.20. The van der Waals surface area contributed by atoms with Crippen LogP contribution in [-0.2, 0) is 4.79 Å². The van der Waals surface area contributed by atoms with Crippen LogP contribution in [0.1, 0.15) is 13.3 Å². The van der Waals surface area contributed by atoms with Gasteiger partial charge in [-0.25, -0.2) is 4.79 Å². The van der Waals surface area contributed by atoms with Crippen LogP contribution >= 0.6 is 0 Å². The van der Waals surface area contributed by atoms with Gasteiger partial charge >= 0.3 is 6.03 Å². The second kappa shape index (κ2) is 2.87. The quantitative estimate of drug-likeness (QED) is 0.520. The number of amides is 3. The molecule has 0 saturated carbocycles. The normalized spacial score (nSPS) is 24.2. The van der Waals surface area contributed by atoms with Gasteiger partial charge in [0.1, 0.15) is 12.8 Å². The Kier molecular flexibility index (Phi) is 2.09. The third kappa shape index (κ3) is 1.19.